The molecule has 0 atom stereocenters. The second-order valence-electron chi connectivity index (χ2n) is 6.63. The largest absolute Gasteiger partial charge is 0.490 e. The number of amides is 2. The number of fused-ring (bicyclic) bond motifs is 1. The molecule has 2 aromatic carbocycles. The monoisotopic (exact) mass is 451 g/mol. The molecule has 2 amide bonds. The van der Waals surface area contributed by atoms with Crippen molar-refractivity contribution in [2.75, 3.05) is 32.1 Å². The lowest BCUT2D eigenvalue weighted by molar-refractivity contribution is -0.116. The van der Waals surface area contributed by atoms with Gasteiger partial charge in [0.25, 0.3) is 5.91 Å². The predicted octanol–water partition coefficient (Wildman–Crippen LogP) is 1.65. The van der Waals surface area contributed by atoms with Crippen LogP contribution in [0.5, 0.6) is 11.5 Å². The van der Waals surface area contributed by atoms with Crippen molar-refractivity contribution in [1.29, 1.82) is 0 Å². The van der Waals surface area contributed by atoms with Crippen LogP contribution in [0.15, 0.2) is 41.3 Å². The predicted molar refractivity (Wildman–Crippen MR) is 110 cm³/mol. The molecule has 0 bridgehead atoms. The summed E-state index contributed by atoms with van der Waals surface area (Å²) in [6.07, 6.45) is 0.527. The van der Waals surface area contributed by atoms with Gasteiger partial charge in [-0.1, -0.05) is 0 Å². The summed E-state index contributed by atoms with van der Waals surface area (Å²) in [6, 6.07) is 7.87. The van der Waals surface area contributed by atoms with Crippen molar-refractivity contribution in [1.82, 2.24) is 10.0 Å². The number of carbonyl (C=O) groups excluding carboxylic acids is 2. The van der Waals surface area contributed by atoms with Gasteiger partial charge in [0.05, 0.1) is 23.7 Å². The minimum Gasteiger partial charge on any atom is -0.490 e. The number of hydrogen-bond acceptors (Lipinski definition) is 6. The summed E-state index contributed by atoms with van der Waals surface area (Å²) in [5, 5.41) is 4.81. The highest BCUT2D eigenvalue weighted by molar-refractivity contribution is 7.89. The Morgan fingerprint density at radius 1 is 1.06 bits per heavy atom. The van der Waals surface area contributed by atoms with Crippen LogP contribution in [0.3, 0.4) is 0 Å². The van der Waals surface area contributed by atoms with E-state index in [1.165, 1.54) is 37.4 Å². The summed E-state index contributed by atoms with van der Waals surface area (Å²) in [6.45, 7) is 0.756. The molecule has 0 aliphatic carbocycles. The number of nitrogens with one attached hydrogen (secondary N) is 3. The Labute approximate surface area is 179 Å². The quantitative estimate of drug-likeness (QED) is 0.588. The number of anilines is 1. The van der Waals surface area contributed by atoms with E-state index in [4.69, 9.17) is 9.47 Å². The molecule has 11 heteroatoms. The average Bonchev–Trinajstić information content (AvgIpc) is 2.99. The Balaban J connectivity index is 1.58. The van der Waals surface area contributed by atoms with Crippen molar-refractivity contribution in [2.45, 2.75) is 17.7 Å². The summed E-state index contributed by atoms with van der Waals surface area (Å²) in [5.74, 6) is -1.03. The summed E-state index contributed by atoms with van der Waals surface area (Å²) in [5.41, 5.74) is 0.00571. The smallest absolute Gasteiger partial charge is 0.254 e. The molecule has 0 unspecified atom stereocenters. The molecule has 3 rings (SSSR count). The highest BCUT2D eigenvalue weighted by Gasteiger charge is 2.19. The van der Waals surface area contributed by atoms with Gasteiger partial charge < -0.3 is 20.1 Å². The van der Waals surface area contributed by atoms with Gasteiger partial charge in [-0.2, -0.15) is 0 Å². The maximum Gasteiger partial charge on any atom is 0.254 e. The van der Waals surface area contributed by atoms with Crippen molar-refractivity contribution in [2.24, 2.45) is 0 Å². The highest BCUT2D eigenvalue weighted by Crippen LogP contribution is 2.31. The van der Waals surface area contributed by atoms with E-state index in [1.54, 1.807) is 0 Å². The standard InChI is InChI=1S/C20H22FN3O6S/c1-22-20(26)15-11-13(3-5-16(15)21)24-19(25)7-8-23-31(27,28)14-4-6-17-18(12-14)30-10-2-9-29-17/h3-6,11-12,23H,2,7-10H2,1H3,(H,22,26)(H,24,25). The van der Waals surface area contributed by atoms with E-state index >= 15 is 0 Å². The minimum absolute atomic E-state index is 0.00841. The summed E-state index contributed by atoms with van der Waals surface area (Å²) in [7, 11) is -2.51. The van der Waals surface area contributed by atoms with Gasteiger partial charge in [-0.25, -0.2) is 17.5 Å². The number of halogens is 1. The maximum atomic E-state index is 13.7. The third-order valence-electron chi connectivity index (χ3n) is 4.40. The van der Waals surface area contributed by atoms with E-state index in [9.17, 15) is 22.4 Å². The van der Waals surface area contributed by atoms with Crippen molar-refractivity contribution in [3.05, 3.63) is 47.8 Å². The second-order valence-corrected chi connectivity index (χ2v) is 8.40. The van der Waals surface area contributed by atoms with Crippen LogP contribution in [0, 0.1) is 5.82 Å². The molecule has 0 saturated carbocycles. The molecule has 1 heterocycles. The third kappa shape index (κ3) is 5.70. The Bertz CT molecular complexity index is 1090. The summed E-state index contributed by atoms with van der Waals surface area (Å²) < 4.78 is 52.1. The molecule has 0 aromatic heterocycles. The van der Waals surface area contributed by atoms with E-state index in [2.05, 4.69) is 15.4 Å². The maximum absolute atomic E-state index is 13.7. The lowest BCUT2D eigenvalue weighted by Crippen LogP contribution is -2.28. The average molecular weight is 451 g/mol. The van der Waals surface area contributed by atoms with Gasteiger partial charge in [0.1, 0.15) is 5.82 Å². The van der Waals surface area contributed by atoms with Gasteiger partial charge in [-0.15, -0.1) is 0 Å². The molecule has 1 aliphatic rings. The van der Waals surface area contributed by atoms with Crippen molar-refractivity contribution in [3.8, 4) is 11.5 Å². The zero-order valence-electron chi connectivity index (χ0n) is 16.7. The third-order valence-corrected chi connectivity index (χ3v) is 5.85. The van der Waals surface area contributed by atoms with E-state index in [-0.39, 0.29) is 29.1 Å². The molecule has 31 heavy (non-hydrogen) atoms. The lowest BCUT2D eigenvalue weighted by atomic mass is 10.1. The molecular weight excluding hydrogens is 429 g/mol. The summed E-state index contributed by atoms with van der Waals surface area (Å²) >= 11 is 0. The van der Waals surface area contributed by atoms with E-state index in [0.717, 1.165) is 6.07 Å². The number of carbonyl (C=O) groups is 2. The number of rotatable bonds is 7. The normalized spacial score (nSPS) is 13.2. The van der Waals surface area contributed by atoms with Crippen molar-refractivity contribution >= 4 is 27.5 Å². The van der Waals surface area contributed by atoms with Crippen LogP contribution in [0.1, 0.15) is 23.2 Å². The minimum atomic E-state index is -3.87. The fourth-order valence-electron chi connectivity index (χ4n) is 2.83. The zero-order valence-corrected chi connectivity index (χ0v) is 17.6. The van der Waals surface area contributed by atoms with Crippen LogP contribution in [-0.4, -0.2) is 47.0 Å². The molecule has 3 N–H and O–H groups in total. The molecule has 0 spiro atoms. The first-order valence-corrected chi connectivity index (χ1v) is 11.0. The molecule has 0 radical (unpaired) electrons. The SMILES string of the molecule is CNC(=O)c1cc(NC(=O)CCNS(=O)(=O)c2ccc3c(c2)OCCCO3)ccc1F. The van der Waals surface area contributed by atoms with E-state index < -0.39 is 27.7 Å². The Morgan fingerprint density at radius 3 is 2.55 bits per heavy atom. The van der Waals surface area contributed by atoms with Crippen LogP contribution in [-0.2, 0) is 14.8 Å². The first-order valence-electron chi connectivity index (χ1n) is 9.51. The van der Waals surface area contributed by atoms with Crippen LogP contribution in [0.2, 0.25) is 0 Å². The van der Waals surface area contributed by atoms with Crippen molar-refractivity contribution < 1.29 is 31.9 Å². The fourth-order valence-corrected chi connectivity index (χ4v) is 3.88. The zero-order chi connectivity index (χ0) is 22.4. The Kier molecular flexibility index (Phi) is 7.08. The van der Waals surface area contributed by atoms with Crippen LogP contribution in [0.4, 0.5) is 10.1 Å². The van der Waals surface area contributed by atoms with Gasteiger partial charge in [0.15, 0.2) is 11.5 Å². The molecule has 9 nitrogen and oxygen atoms in total. The molecule has 166 valence electrons. The van der Waals surface area contributed by atoms with Crippen LogP contribution < -0.4 is 24.8 Å². The number of ether oxygens (including phenoxy) is 2. The Hall–Kier alpha value is -3.18. The highest BCUT2D eigenvalue weighted by atomic mass is 32.2. The van der Waals surface area contributed by atoms with Gasteiger partial charge in [0.2, 0.25) is 15.9 Å². The van der Waals surface area contributed by atoms with Gasteiger partial charge in [-0.3, -0.25) is 9.59 Å². The first kappa shape index (κ1) is 22.5. The second kappa shape index (κ2) is 9.75. The van der Waals surface area contributed by atoms with Crippen LogP contribution >= 0.6 is 0 Å². The van der Waals surface area contributed by atoms with Gasteiger partial charge in [-0.05, 0) is 30.3 Å². The molecule has 2 aromatic rings. The van der Waals surface area contributed by atoms with Crippen molar-refractivity contribution in [3.63, 3.8) is 0 Å². The van der Waals surface area contributed by atoms with Crippen LogP contribution in [0.25, 0.3) is 0 Å². The molecule has 1 aliphatic heterocycles. The number of hydrogen-bond donors (Lipinski definition) is 3. The van der Waals surface area contributed by atoms with Gasteiger partial charge >= 0.3 is 0 Å². The molecule has 0 fully saturated rings. The Morgan fingerprint density at radius 2 is 1.81 bits per heavy atom. The molecular formula is C20H22FN3O6S. The fraction of sp³-hybridized carbons (Fsp3) is 0.300. The molecule has 0 saturated heterocycles. The summed E-state index contributed by atoms with van der Waals surface area (Å²) in [4.78, 5) is 23.8. The van der Waals surface area contributed by atoms with E-state index in [0.29, 0.717) is 31.1 Å². The topological polar surface area (TPSA) is 123 Å². The lowest BCUT2D eigenvalue weighted by Gasteiger charge is -2.11. The number of benzene rings is 2. The number of sulfonamides is 1. The van der Waals surface area contributed by atoms with E-state index in [1.807, 2.05) is 0 Å². The first-order chi connectivity index (χ1) is 14.8. The van der Waals surface area contributed by atoms with Gasteiger partial charge in [0, 0.05) is 38.2 Å².